The van der Waals surface area contributed by atoms with Crippen LogP contribution in [0.3, 0.4) is 0 Å². The van der Waals surface area contributed by atoms with Crippen LogP contribution < -0.4 is 5.20 Å². The summed E-state index contributed by atoms with van der Waals surface area (Å²) < 4.78 is 11.8. The average Bonchev–Trinajstić information content (AvgIpc) is 1.85. The standard InChI is InChI=1S/C5H14N5OP/c1-5(2)12(11,8-7-6)9-10(3)4/h5H,1-4H3,(H,9,11). The van der Waals surface area contributed by atoms with E-state index in [-0.39, 0.29) is 5.66 Å². The van der Waals surface area contributed by atoms with E-state index in [1.807, 2.05) is 0 Å². The molecule has 0 saturated carbocycles. The summed E-state index contributed by atoms with van der Waals surface area (Å²) in [6, 6.07) is 0. The van der Waals surface area contributed by atoms with Crippen LogP contribution in [0.25, 0.3) is 10.4 Å². The third-order valence-corrected chi connectivity index (χ3v) is 3.65. The van der Waals surface area contributed by atoms with E-state index in [4.69, 9.17) is 5.53 Å². The van der Waals surface area contributed by atoms with Crippen molar-refractivity contribution in [2.75, 3.05) is 14.1 Å². The highest BCUT2D eigenvalue weighted by Crippen LogP contribution is 2.47. The first-order valence-electron chi connectivity index (χ1n) is 3.54. The minimum atomic E-state index is -2.96. The van der Waals surface area contributed by atoms with Crippen molar-refractivity contribution in [3.63, 3.8) is 0 Å². The van der Waals surface area contributed by atoms with Crippen molar-refractivity contribution in [1.29, 1.82) is 0 Å². The molecule has 0 aromatic heterocycles. The maximum absolute atomic E-state index is 11.8. The summed E-state index contributed by atoms with van der Waals surface area (Å²) in [7, 11) is 0.430. The van der Waals surface area contributed by atoms with E-state index >= 15 is 0 Å². The van der Waals surface area contributed by atoms with Crippen molar-refractivity contribution in [2.24, 2.45) is 4.88 Å². The second kappa shape index (κ2) is 4.48. The van der Waals surface area contributed by atoms with E-state index in [0.29, 0.717) is 0 Å². The molecule has 0 bridgehead atoms. The Morgan fingerprint density at radius 2 is 2.08 bits per heavy atom. The second-order valence-corrected chi connectivity index (χ2v) is 5.55. The van der Waals surface area contributed by atoms with Crippen LogP contribution in [0.4, 0.5) is 0 Å². The normalized spacial score (nSPS) is 15.8. The smallest absolute Gasteiger partial charge is 0.249 e. The van der Waals surface area contributed by atoms with Crippen molar-refractivity contribution < 1.29 is 4.57 Å². The van der Waals surface area contributed by atoms with Crippen molar-refractivity contribution in [3.8, 4) is 0 Å². The SMILES string of the molecule is CC(C)P(=O)(N=[N+]=[N-])NN(C)C. The Kier molecular flexibility index (Phi) is 4.28. The van der Waals surface area contributed by atoms with Gasteiger partial charge < -0.3 is 0 Å². The Morgan fingerprint density at radius 3 is 2.33 bits per heavy atom. The zero-order valence-corrected chi connectivity index (χ0v) is 8.62. The fourth-order valence-electron chi connectivity index (χ4n) is 0.585. The van der Waals surface area contributed by atoms with Crippen LogP contribution in [0.1, 0.15) is 13.8 Å². The van der Waals surface area contributed by atoms with Crippen LogP contribution in [-0.2, 0) is 4.57 Å². The van der Waals surface area contributed by atoms with Crippen molar-refractivity contribution in [1.82, 2.24) is 10.2 Å². The van der Waals surface area contributed by atoms with E-state index in [1.54, 1.807) is 27.9 Å². The molecule has 0 aliphatic rings. The van der Waals surface area contributed by atoms with Crippen LogP contribution in [0.5, 0.6) is 0 Å². The molecule has 6 nitrogen and oxygen atoms in total. The van der Waals surface area contributed by atoms with Crippen LogP contribution in [0, 0.1) is 0 Å². The minimum absolute atomic E-state index is 0.198. The third-order valence-electron chi connectivity index (χ3n) is 1.22. The van der Waals surface area contributed by atoms with E-state index < -0.39 is 7.44 Å². The summed E-state index contributed by atoms with van der Waals surface area (Å²) >= 11 is 0. The fourth-order valence-corrected chi connectivity index (χ4v) is 1.75. The quantitative estimate of drug-likeness (QED) is 0.242. The molecular weight excluding hydrogens is 177 g/mol. The highest BCUT2D eigenvalue weighted by molar-refractivity contribution is 7.60. The lowest BCUT2D eigenvalue weighted by Gasteiger charge is -2.21. The average molecular weight is 191 g/mol. The topological polar surface area (TPSA) is 81.1 Å². The number of hydrogen-bond acceptors (Lipinski definition) is 2. The van der Waals surface area contributed by atoms with Gasteiger partial charge in [-0.3, -0.25) is 4.57 Å². The molecule has 0 aromatic carbocycles. The summed E-state index contributed by atoms with van der Waals surface area (Å²) in [5.74, 6) is 0. The first kappa shape index (κ1) is 11.5. The summed E-state index contributed by atoms with van der Waals surface area (Å²) in [6.07, 6.45) is 0. The molecule has 1 atom stereocenters. The number of nitrogens with zero attached hydrogens (tertiary/aromatic N) is 4. The zero-order valence-electron chi connectivity index (χ0n) is 7.72. The largest absolute Gasteiger partial charge is 0.298 e. The number of rotatable bonds is 4. The molecule has 0 radical (unpaired) electrons. The Labute approximate surface area is 72.0 Å². The maximum Gasteiger partial charge on any atom is 0.249 e. The number of nitrogens with one attached hydrogen (secondary N) is 1. The van der Waals surface area contributed by atoms with Crippen LogP contribution in [-0.4, -0.2) is 24.8 Å². The van der Waals surface area contributed by atoms with Crippen molar-refractivity contribution in [2.45, 2.75) is 19.5 Å². The third kappa shape index (κ3) is 3.24. The monoisotopic (exact) mass is 191 g/mol. The molecule has 70 valence electrons. The molecule has 0 aliphatic carbocycles. The van der Waals surface area contributed by atoms with E-state index in [0.717, 1.165) is 0 Å². The molecule has 7 heteroatoms. The molecule has 0 saturated heterocycles. The maximum atomic E-state index is 11.8. The highest BCUT2D eigenvalue weighted by Gasteiger charge is 2.25. The number of azide groups is 1. The Hall–Kier alpha value is -0.540. The van der Waals surface area contributed by atoms with Crippen LogP contribution >= 0.6 is 7.44 Å². The van der Waals surface area contributed by atoms with Crippen molar-refractivity contribution >= 4 is 7.44 Å². The van der Waals surface area contributed by atoms with Gasteiger partial charge in [0.25, 0.3) is 0 Å². The zero-order chi connectivity index (χ0) is 9.78. The summed E-state index contributed by atoms with van der Waals surface area (Å²) in [5, 5.41) is 4.15. The molecule has 12 heavy (non-hydrogen) atoms. The van der Waals surface area contributed by atoms with Gasteiger partial charge in [0.2, 0.25) is 7.44 Å². The van der Waals surface area contributed by atoms with Gasteiger partial charge >= 0.3 is 0 Å². The molecule has 0 amide bonds. The lowest BCUT2D eigenvalue weighted by atomic mass is 10.6. The molecule has 0 spiro atoms. The summed E-state index contributed by atoms with van der Waals surface area (Å²) in [5.41, 5.74) is 7.99. The van der Waals surface area contributed by atoms with Gasteiger partial charge in [0.1, 0.15) is 0 Å². The van der Waals surface area contributed by atoms with E-state index in [1.165, 1.54) is 5.01 Å². The molecule has 0 rings (SSSR count). The van der Waals surface area contributed by atoms with Gasteiger partial charge in [-0.1, -0.05) is 13.8 Å². The molecule has 0 aromatic rings. The van der Waals surface area contributed by atoms with Gasteiger partial charge in [0.05, 0.1) is 0 Å². The van der Waals surface area contributed by atoms with Crippen LogP contribution in [0.2, 0.25) is 0 Å². The Bertz CT molecular complexity index is 232. The Balaban J connectivity index is 4.63. The summed E-state index contributed by atoms with van der Waals surface area (Å²) in [6.45, 7) is 3.48. The number of hydrazine groups is 1. The van der Waals surface area contributed by atoms with E-state index in [9.17, 15) is 4.57 Å². The molecule has 1 unspecified atom stereocenters. The van der Waals surface area contributed by atoms with E-state index in [2.05, 4.69) is 15.0 Å². The highest BCUT2D eigenvalue weighted by atomic mass is 31.2. The molecular formula is C5H14N5OP. The number of hydrogen-bond donors (Lipinski definition) is 1. The molecule has 0 fully saturated rings. The molecule has 0 aliphatic heterocycles. The van der Waals surface area contributed by atoms with Gasteiger partial charge in [0.15, 0.2) is 0 Å². The minimum Gasteiger partial charge on any atom is -0.298 e. The molecule has 1 N–H and O–H groups in total. The van der Waals surface area contributed by atoms with Gasteiger partial charge in [0, 0.05) is 24.7 Å². The predicted octanol–water partition coefficient (Wildman–Crippen LogP) is 1.96. The lowest BCUT2D eigenvalue weighted by Crippen LogP contribution is -2.29. The first-order chi connectivity index (χ1) is 5.42. The fraction of sp³-hybridized carbons (Fsp3) is 1.00. The lowest BCUT2D eigenvalue weighted by molar-refractivity contribution is 0.360. The van der Waals surface area contributed by atoms with Gasteiger partial charge in [-0.25, -0.2) is 5.01 Å². The van der Waals surface area contributed by atoms with Crippen LogP contribution in [0.15, 0.2) is 4.88 Å². The first-order valence-corrected chi connectivity index (χ1v) is 5.27. The van der Waals surface area contributed by atoms with Gasteiger partial charge in [-0.15, -0.1) is 0 Å². The predicted molar refractivity (Wildman–Crippen MR) is 48.7 cm³/mol. The Morgan fingerprint density at radius 1 is 1.58 bits per heavy atom. The van der Waals surface area contributed by atoms with Crippen molar-refractivity contribution in [3.05, 3.63) is 10.4 Å². The van der Waals surface area contributed by atoms with Gasteiger partial charge in [-0.05, 0) is 10.4 Å². The second-order valence-electron chi connectivity index (χ2n) is 2.89. The molecule has 0 heterocycles. The summed E-state index contributed by atoms with van der Waals surface area (Å²) in [4.78, 5) is 5.83. The van der Waals surface area contributed by atoms with Gasteiger partial charge in [-0.2, -0.15) is 5.20 Å².